The van der Waals surface area contributed by atoms with Gasteiger partial charge in [-0.05, 0) is 26.8 Å². The first kappa shape index (κ1) is 11.8. The van der Waals surface area contributed by atoms with Crippen molar-refractivity contribution in [3.05, 3.63) is 5.82 Å². The van der Waals surface area contributed by atoms with Gasteiger partial charge in [0.1, 0.15) is 5.82 Å². The van der Waals surface area contributed by atoms with Crippen LogP contribution in [0.2, 0.25) is 0 Å². The minimum Gasteiger partial charge on any atom is -0.347 e. The van der Waals surface area contributed by atoms with Gasteiger partial charge in [0.15, 0.2) is 0 Å². The third kappa shape index (κ3) is 2.35. The predicted molar refractivity (Wildman–Crippen MR) is 68.2 cm³/mol. The molecule has 1 N–H and O–H groups in total. The first-order chi connectivity index (χ1) is 7.67. The van der Waals surface area contributed by atoms with Crippen molar-refractivity contribution in [1.29, 1.82) is 0 Å². The lowest BCUT2D eigenvalue weighted by Crippen LogP contribution is -2.50. The minimum absolute atomic E-state index is 0.300. The van der Waals surface area contributed by atoms with E-state index in [9.17, 15) is 0 Å². The van der Waals surface area contributed by atoms with Gasteiger partial charge in [-0.15, -0.1) is 0 Å². The number of nitrogens with one attached hydrogen (secondary N) is 1. The van der Waals surface area contributed by atoms with Crippen LogP contribution in [0.3, 0.4) is 0 Å². The molecule has 90 valence electrons. The molecule has 2 heterocycles. The second-order valence-electron chi connectivity index (χ2n) is 4.64. The summed E-state index contributed by atoms with van der Waals surface area (Å²) < 4.78 is 4.34. The number of nitrogens with zero attached hydrogens (tertiary/aromatic N) is 3. The molecule has 1 aromatic rings. The average molecular weight is 240 g/mol. The number of aryl methyl sites for hydroxylation is 1. The van der Waals surface area contributed by atoms with Gasteiger partial charge in [-0.2, -0.15) is 4.37 Å². The zero-order valence-corrected chi connectivity index (χ0v) is 11.1. The van der Waals surface area contributed by atoms with Crippen molar-refractivity contribution in [3.63, 3.8) is 0 Å². The Balaban J connectivity index is 1.98. The summed E-state index contributed by atoms with van der Waals surface area (Å²) in [5.74, 6) is 0.974. The Morgan fingerprint density at radius 2 is 2.12 bits per heavy atom. The van der Waals surface area contributed by atoms with Crippen LogP contribution < -0.4 is 10.2 Å². The third-order valence-electron chi connectivity index (χ3n) is 3.51. The molecule has 0 saturated carbocycles. The molecule has 0 radical (unpaired) electrons. The number of piperidine rings is 1. The van der Waals surface area contributed by atoms with Crippen LogP contribution in [0.5, 0.6) is 0 Å². The summed E-state index contributed by atoms with van der Waals surface area (Å²) >= 11 is 1.53. The Kier molecular flexibility index (Phi) is 3.44. The Morgan fingerprint density at radius 1 is 1.44 bits per heavy atom. The molecule has 1 aliphatic rings. The van der Waals surface area contributed by atoms with Crippen molar-refractivity contribution in [2.75, 3.05) is 25.0 Å². The summed E-state index contributed by atoms with van der Waals surface area (Å²) in [6, 6.07) is 0. The van der Waals surface area contributed by atoms with E-state index in [0.29, 0.717) is 5.54 Å². The topological polar surface area (TPSA) is 41.1 Å². The lowest BCUT2D eigenvalue weighted by molar-refractivity contribution is 0.305. The van der Waals surface area contributed by atoms with Crippen LogP contribution in [0.4, 0.5) is 5.13 Å². The molecule has 0 unspecified atom stereocenters. The van der Waals surface area contributed by atoms with Crippen LogP contribution in [0.25, 0.3) is 0 Å². The van der Waals surface area contributed by atoms with Crippen molar-refractivity contribution in [1.82, 2.24) is 14.7 Å². The Morgan fingerprint density at radius 3 is 2.62 bits per heavy atom. The van der Waals surface area contributed by atoms with Gasteiger partial charge in [0.05, 0.1) is 0 Å². The van der Waals surface area contributed by atoms with Crippen molar-refractivity contribution >= 4 is 16.7 Å². The Labute approximate surface area is 101 Å². The van der Waals surface area contributed by atoms with E-state index in [2.05, 4.69) is 40.5 Å². The van der Waals surface area contributed by atoms with Crippen LogP contribution in [0.15, 0.2) is 0 Å². The molecule has 0 bridgehead atoms. The number of hydrogen-bond donors (Lipinski definition) is 1. The van der Waals surface area contributed by atoms with Gasteiger partial charge in [0, 0.05) is 36.6 Å². The molecule has 1 aromatic heterocycles. The molecule has 0 aromatic carbocycles. The van der Waals surface area contributed by atoms with E-state index < -0.39 is 0 Å². The van der Waals surface area contributed by atoms with Crippen LogP contribution in [-0.4, -0.2) is 35.0 Å². The van der Waals surface area contributed by atoms with Gasteiger partial charge < -0.3 is 10.2 Å². The van der Waals surface area contributed by atoms with Gasteiger partial charge in [-0.3, -0.25) is 0 Å². The number of anilines is 1. The van der Waals surface area contributed by atoms with Crippen LogP contribution in [0.1, 0.15) is 32.5 Å². The highest BCUT2D eigenvalue weighted by atomic mass is 32.1. The Hall–Kier alpha value is -0.680. The lowest BCUT2D eigenvalue weighted by Gasteiger charge is -2.39. The van der Waals surface area contributed by atoms with E-state index in [4.69, 9.17) is 0 Å². The summed E-state index contributed by atoms with van der Waals surface area (Å²) in [6.07, 6.45) is 3.27. The second-order valence-corrected chi connectivity index (χ2v) is 5.37. The maximum Gasteiger partial charge on any atom is 0.205 e. The van der Waals surface area contributed by atoms with E-state index in [-0.39, 0.29) is 0 Å². The van der Waals surface area contributed by atoms with Gasteiger partial charge in [0.2, 0.25) is 5.13 Å². The standard InChI is InChI=1S/C11H20N4S/c1-4-9-13-10(16-14-9)15-7-5-11(2,12-3)6-8-15/h12H,4-8H2,1-3H3. The molecule has 1 aliphatic heterocycles. The second kappa shape index (κ2) is 4.67. The highest BCUT2D eigenvalue weighted by molar-refractivity contribution is 7.09. The maximum absolute atomic E-state index is 4.54. The predicted octanol–water partition coefficient (Wildman–Crippen LogP) is 1.68. The van der Waals surface area contributed by atoms with Crippen LogP contribution in [-0.2, 0) is 6.42 Å². The first-order valence-electron chi connectivity index (χ1n) is 5.93. The third-order valence-corrected chi connectivity index (χ3v) is 4.33. The van der Waals surface area contributed by atoms with E-state index in [0.717, 1.165) is 30.5 Å². The summed E-state index contributed by atoms with van der Waals surface area (Å²) in [5.41, 5.74) is 0.300. The van der Waals surface area contributed by atoms with Crippen LogP contribution >= 0.6 is 11.5 Å². The van der Waals surface area contributed by atoms with Gasteiger partial charge in [0.25, 0.3) is 0 Å². The van der Waals surface area contributed by atoms with E-state index in [1.807, 2.05) is 0 Å². The maximum atomic E-state index is 4.54. The molecule has 1 saturated heterocycles. The largest absolute Gasteiger partial charge is 0.347 e. The van der Waals surface area contributed by atoms with Crippen molar-refractivity contribution < 1.29 is 0 Å². The molecule has 5 heteroatoms. The molecule has 16 heavy (non-hydrogen) atoms. The quantitative estimate of drug-likeness (QED) is 0.873. The fourth-order valence-corrected chi connectivity index (χ4v) is 2.76. The summed E-state index contributed by atoms with van der Waals surface area (Å²) in [5, 5.41) is 4.50. The van der Waals surface area contributed by atoms with Crippen molar-refractivity contribution in [2.24, 2.45) is 0 Å². The van der Waals surface area contributed by atoms with Gasteiger partial charge >= 0.3 is 0 Å². The molecular weight excluding hydrogens is 220 g/mol. The average Bonchev–Trinajstić information content (AvgIpc) is 2.79. The summed E-state index contributed by atoms with van der Waals surface area (Å²) in [7, 11) is 2.05. The molecular formula is C11H20N4S. The fourth-order valence-electron chi connectivity index (χ4n) is 1.96. The molecule has 0 amide bonds. The summed E-state index contributed by atoms with van der Waals surface area (Å²) in [4.78, 5) is 6.90. The van der Waals surface area contributed by atoms with Crippen molar-refractivity contribution in [3.8, 4) is 0 Å². The molecule has 0 spiro atoms. The molecule has 0 aliphatic carbocycles. The van der Waals surface area contributed by atoms with Crippen LogP contribution in [0, 0.1) is 0 Å². The van der Waals surface area contributed by atoms with E-state index in [1.54, 1.807) is 0 Å². The number of rotatable bonds is 3. The Bertz CT molecular complexity index is 342. The first-order valence-corrected chi connectivity index (χ1v) is 6.70. The molecule has 1 fully saturated rings. The molecule has 0 atom stereocenters. The normalized spacial score (nSPS) is 20.1. The highest BCUT2D eigenvalue weighted by Crippen LogP contribution is 2.26. The van der Waals surface area contributed by atoms with Crippen molar-refractivity contribution in [2.45, 2.75) is 38.6 Å². The van der Waals surface area contributed by atoms with E-state index in [1.165, 1.54) is 24.4 Å². The monoisotopic (exact) mass is 240 g/mol. The fraction of sp³-hybridized carbons (Fsp3) is 0.818. The number of aromatic nitrogens is 2. The zero-order valence-electron chi connectivity index (χ0n) is 10.3. The van der Waals surface area contributed by atoms with E-state index >= 15 is 0 Å². The smallest absolute Gasteiger partial charge is 0.205 e. The molecule has 4 nitrogen and oxygen atoms in total. The molecule has 2 rings (SSSR count). The lowest BCUT2D eigenvalue weighted by atomic mass is 9.90. The minimum atomic E-state index is 0.300. The van der Waals surface area contributed by atoms with Gasteiger partial charge in [-0.1, -0.05) is 6.92 Å². The van der Waals surface area contributed by atoms with Gasteiger partial charge in [-0.25, -0.2) is 4.98 Å². The highest BCUT2D eigenvalue weighted by Gasteiger charge is 2.29. The summed E-state index contributed by atoms with van der Waals surface area (Å²) in [6.45, 7) is 6.55. The number of hydrogen-bond acceptors (Lipinski definition) is 5. The SMILES string of the molecule is CCc1nsc(N2CCC(C)(NC)CC2)n1. The zero-order chi connectivity index (χ0) is 11.6.